The van der Waals surface area contributed by atoms with Crippen LogP contribution in [-0.4, -0.2) is 42.2 Å². The number of anilines is 1. The molecule has 0 unspecified atom stereocenters. The molecule has 0 saturated carbocycles. The Labute approximate surface area is 173 Å². The molecule has 5 nitrogen and oxygen atoms in total. The van der Waals surface area contributed by atoms with Crippen LogP contribution in [0.5, 0.6) is 11.5 Å². The van der Waals surface area contributed by atoms with Crippen molar-refractivity contribution >= 4 is 11.6 Å². The molecule has 3 rings (SSSR count). The van der Waals surface area contributed by atoms with Crippen LogP contribution in [0.2, 0.25) is 0 Å². The molecule has 0 aromatic heterocycles. The minimum absolute atomic E-state index is 0.176. The van der Waals surface area contributed by atoms with E-state index in [4.69, 9.17) is 4.74 Å². The van der Waals surface area contributed by atoms with Crippen LogP contribution in [0.25, 0.3) is 0 Å². The Morgan fingerprint density at radius 2 is 1.86 bits per heavy atom. The number of carbonyl (C=O) groups is 1. The van der Waals surface area contributed by atoms with E-state index < -0.39 is 0 Å². The van der Waals surface area contributed by atoms with Crippen LogP contribution in [0.3, 0.4) is 0 Å². The molecule has 0 atom stereocenters. The van der Waals surface area contributed by atoms with Crippen LogP contribution in [0.15, 0.2) is 42.5 Å². The van der Waals surface area contributed by atoms with Crippen LogP contribution in [0, 0.1) is 6.92 Å². The van der Waals surface area contributed by atoms with E-state index in [-0.39, 0.29) is 17.7 Å². The molecular formula is C24H32N2O3. The Morgan fingerprint density at radius 3 is 2.45 bits per heavy atom. The number of benzene rings is 2. The van der Waals surface area contributed by atoms with Crippen molar-refractivity contribution in [2.24, 2.45) is 0 Å². The summed E-state index contributed by atoms with van der Waals surface area (Å²) in [6, 6.07) is 14.1. The summed E-state index contributed by atoms with van der Waals surface area (Å²) < 4.78 is 5.12. The molecule has 5 heteroatoms. The Balaban J connectivity index is 1.65. The highest BCUT2D eigenvalue weighted by Crippen LogP contribution is 2.29. The molecule has 1 aliphatic heterocycles. The summed E-state index contributed by atoms with van der Waals surface area (Å²) in [5.74, 6) is 0.890. The summed E-state index contributed by atoms with van der Waals surface area (Å²) in [4.78, 5) is 17.3. The van der Waals surface area contributed by atoms with Crippen molar-refractivity contribution in [3.63, 3.8) is 0 Å². The largest absolute Gasteiger partial charge is 0.504 e. The van der Waals surface area contributed by atoms with Crippen LogP contribution in [0.4, 0.5) is 5.69 Å². The zero-order valence-electron chi connectivity index (χ0n) is 17.7. The Bertz CT molecular complexity index is 811. The maximum Gasteiger partial charge on any atom is 0.227 e. The first-order chi connectivity index (χ1) is 14.0. The van der Waals surface area contributed by atoms with Crippen molar-refractivity contribution in [2.75, 3.05) is 25.1 Å². The molecule has 1 fully saturated rings. The first-order valence-corrected chi connectivity index (χ1v) is 10.5. The SMILES string of the molecule is CCCC(=O)N(c1ccc(C)cc1)C1CCN(Cc2ccc(OC)c(O)c2)CC1. The summed E-state index contributed by atoms with van der Waals surface area (Å²) >= 11 is 0. The summed E-state index contributed by atoms with van der Waals surface area (Å²) in [7, 11) is 1.55. The number of phenolic OH excluding ortho intramolecular Hbond substituents is 1. The van der Waals surface area contributed by atoms with Gasteiger partial charge in [-0.1, -0.05) is 30.7 Å². The van der Waals surface area contributed by atoms with E-state index in [1.165, 1.54) is 5.56 Å². The Kier molecular flexibility index (Phi) is 7.15. The second kappa shape index (κ2) is 9.79. The molecular weight excluding hydrogens is 364 g/mol. The maximum atomic E-state index is 12.9. The van der Waals surface area contributed by atoms with Gasteiger partial charge in [0.1, 0.15) is 0 Å². The van der Waals surface area contributed by atoms with Gasteiger partial charge in [-0.2, -0.15) is 0 Å². The van der Waals surface area contributed by atoms with Crippen LogP contribution in [0.1, 0.15) is 43.7 Å². The number of phenols is 1. The summed E-state index contributed by atoms with van der Waals surface area (Å²) in [5, 5.41) is 10.0. The second-order valence-electron chi connectivity index (χ2n) is 7.86. The number of likely N-dealkylation sites (tertiary alicyclic amines) is 1. The van der Waals surface area contributed by atoms with Gasteiger partial charge < -0.3 is 14.7 Å². The van der Waals surface area contributed by atoms with E-state index in [0.717, 1.165) is 50.1 Å². The molecule has 1 heterocycles. The Hall–Kier alpha value is -2.53. The fourth-order valence-electron chi connectivity index (χ4n) is 4.03. The van der Waals surface area contributed by atoms with Crippen molar-refractivity contribution in [1.29, 1.82) is 0 Å². The number of aromatic hydroxyl groups is 1. The molecule has 0 aliphatic carbocycles. The highest BCUT2D eigenvalue weighted by atomic mass is 16.5. The highest BCUT2D eigenvalue weighted by Gasteiger charge is 2.28. The van der Waals surface area contributed by atoms with E-state index in [0.29, 0.717) is 12.2 Å². The first kappa shape index (κ1) is 21.2. The smallest absolute Gasteiger partial charge is 0.227 e. The number of carbonyl (C=O) groups excluding carboxylic acids is 1. The summed E-state index contributed by atoms with van der Waals surface area (Å²) in [5.41, 5.74) is 3.28. The lowest BCUT2D eigenvalue weighted by atomic mass is 10.0. The fourth-order valence-corrected chi connectivity index (χ4v) is 4.03. The number of aryl methyl sites for hydroxylation is 1. The third kappa shape index (κ3) is 5.30. The van der Waals surface area contributed by atoms with Gasteiger partial charge in [-0.05, 0) is 56.0 Å². The van der Waals surface area contributed by atoms with Crippen molar-refractivity contribution in [3.05, 3.63) is 53.6 Å². The number of amides is 1. The number of nitrogens with zero attached hydrogens (tertiary/aromatic N) is 2. The van der Waals surface area contributed by atoms with Gasteiger partial charge in [0.05, 0.1) is 7.11 Å². The summed E-state index contributed by atoms with van der Waals surface area (Å²) in [6.07, 6.45) is 3.34. The number of hydrogen-bond acceptors (Lipinski definition) is 4. The lowest BCUT2D eigenvalue weighted by Gasteiger charge is -2.38. The van der Waals surface area contributed by atoms with Crippen molar-refractivity contribution in [2.45, 2.75) is 52.1 Å². The molecule has 0 radical (unpaired) electrons. The van der Waals surface area contributed by atoms with Crippen molar-refractivity contribution in [3.8, 4) is 11.5 Å². The van der Waals surface area contributed by atoms with E-state index in [1.54, 1.807) is 19.2 Å². The Morgan fingerprint density at radius 1 is 1.17 bits per heavy atom. The van der Waals surface area contributed by atoms with E-state index >= 15 is 0 Å². The number of methoxy groups -OCH3 is 1. The third-order valence-electron chi connectivity index (χ3n) is 5.62. The van der Waals surface area contributed by atoms with Gasteiger partial charge in [0.2, 0.25) is 5.91 Å². The van der Waals surface area contributed by atoms with Crippen LogP contribution < -0.4 is 9.64 Å². The minimum atomic E-state index is 0.176. The lowest BCUT2D eigenvalue weighted by molar-refractivity contribution is -0.119. The predicted molar refractivity (Wildman–Crippen MR) is 117 cm³/mol. The van der Waals surface area contributed by atoms with Gasteiger partial charge in [0.15, 0.2) is 11.5 Å². The molecule has 2 aromatic rings. The fraction of sp³-hybridized carbons (Fsp3) is 0.458. The normalized spacial score (nSPS) is 15.3. The summed E-state index contributed by atoms with van der Waals surface area (Å²) in [6.45, 7) is 6.77. The minimum Gasteiger partial charge on any atom is -0.504 e. The second-order valence-corrected chi connectivity index (χ2v) is 7.86. The zero-order chi connectivity index (χ0) is 20.8. The van der Waals surface area contributed by atoms with E-state index in [1.807, 2.05) is 11.0 Å². The molecule has 156 valence electrons. The van der Waals surface area contributed by atoms with Gasteiger partial charge >= 0.3 is 0 Å². The lowest BCUT2D eigenvalue weighted by Crippen LogP contribution is -2.47. The third-order valence-corrected chi connectivity index (χ3v) is 5.62. The van der Waals surface area contributed by atoms with Crippen molar-refractivity contribution in [1.82, 2.24) is 4.90 Å². The van der Waals surface area contributed by atoms with Crippen LogP contribution in [-0.2, 0) is 11.3 Å². The monoisotopic (exact) mass is 396 g/mol. The van der Waals surface area contributed by atoms with Gasteiger partial charge in [-0.25, -0.2) is 0 Å². The molecule has 1 aliphatic rings. The number of hydrogen-bond donors (Lipinski definition) is 1. The van der Waals surface area contributed by atoms with Crippen molar-refractivity contribution < 1.29 is 14.6 Å². The van der Waals surface area contributed by atoms with Gasteiger partial charge in [0.25, 0.3) is 0 Å². The standard InChI is InChI=1S/C24H32N2O3/c1-4-5-24(28)26(20-9-6-18(2)7-10-20)21-12-14-25(15-13-21)17-19-8-11-23(29-3)22(27)16-19/h6-11,16,21,27H,4-5,12-15,17H2,1-3H3. The van der Waals surface area contributed by atoms with E-state index in [9.17, 15) is 9.90 Å². The first-order valence-electron chi connectivity index (χ1n) is 10.5. The molecule has 0 spiro atoms. The number of rotatable bonds is 7. The maximum absolute atomic E-state index is 12.9. The molecule has 29 heavy (non-hydrogen) atoms. The number of piperidine rings is 1. The molecule has 0 bridgehead atoms. The topological polar surface area (TPSA) is 53.0 Å². The molecule has 1 saturated heterocycles. The van der Waals surface area contributed by atoms with E-state index in [2.05, 4.69) is 43.0 Å². The predicted octanol–water partition coefficient (Wildman–Crippen LogP) is 4.51. The molecule has 2 aromatic carbocycles. The van der Waals surface area contributed by atoms with Gasteiger partial charge in [-0.3, -0.25) is 9.69 Å². The molecule has 1 N–H and O–H groups in total. The highest BCUT2D eigenvalue weighted by molar-refractivity contribution is 5.94. The zero-order valence-corrected chi connectivity index (χ0v) is 17.7. The average Bonchev–Trinajstić information content (AvgIpc) is 2.71. The van der Waals surface area contributed by atoms with Gasteiger partial charge in [0, 0.05) is 37.8 Å². The van der Waals surface area contributed by atoms with Gasteiger partial charge in [-0.15, -0.1) is 0 Å². The quantitative estimate of drug-likeness (QED) is 0.748. The number of ether oxygens (including phenoxy) is 1. The average molecular weight is 397 g/mol. The molecule has 1 amide bonds. The van der Waals surface area contributed by atoms with Crippen LogP contribution >= 0.6 is 0 Å².